The molecule has 0 bridgehead atoms. The summed E-state index contributed by atoms with van der Waals surface area (Å²) < 4.78 is 1.84. The average Bonchev–Trinajstić information content (AvgIpc) is 3.27. The lowest BCUT2D eigenvalue weighted by atomic mass is 9.98. The molecule has 0 saturated carbocycles. The van der Waals surface area contributed by atoms with Gasteiger partial charge in [-0.05, 0) is 53.0 Å². The molecular weight excluding hydrogens is 422 g/mol. The second-order valence-corrected chi connectivity index (χ2v) is 9.09. The van der Waals surface area contributed by atoms with Crippen molar-refractivity contribution in [3.8, 4) is 0 Å². The second-order valence-electron chi connectivity index (χ2n) is 8.23. The largest absolute Gasteiger partial charge is 0.331 e. The van der Waals surface area contributed by atoms with Crippen molar-refractivity contribution in [2.24, 2.45) is 7.05 Å². The number of likely N-dealkylation sites (tertiary alicyclic amines) is 1. The third-order valence-electron chi connectivity index (χ3n) is 5.80. The average molecular weight is 452 g/mol. The molecule has 0 radical (unpaired) electrons. The van der Waals surface area contributed by atoms with E-state index in [9.17, 15) is 4.79 Å². The highest BCUT2D eigenvalue weighted by atomic mass is 32.1. The number of rotatable bonds is 5. The summed E-state index contributed by atoms with van der Waals surface area (Å²) in [6, 6.07) is 1.87. The van der Waals surface area contributed by atoms with Crippen LogP contribution in [0.2, 0.25) is 0 Å². The number of thiazole rings is 1. The number of anilines is 2. The van der Waals surface area contributed by atoms with Gasteiger partial charge in [0.15, 0.2) is 5.13 Å². The van der Waals surface area contributed by atoms with E-state index in [1.807, 2.05) is 61.8 Å². The van der Waals surface area contributed by atoms with E-state index in [0.29, 0.717) is 11.6 Å². The van der Waals surface area contributed by atoms with E-state index in [1.165, 1.54) is 0 Å². The molecule has 4 rings (SSSR count). The van der Waals surface area contributed by atoms with E-state index in [4.69, 9.17) is 0 Å². The monoisotopic (exact) mass is 451 g/mol. The molecule has 1 aliphatic heterocycles. The van der Waals surface area contributed by atoms with Crippen LogP contribution >= 0.6 is 11.3 Å². The first-order valence-electron chi connectivity index (χ1n) is 10.9. The number of nitrogens with one attached hydrogen (secondary N) is 1. The van der Waals surface area contributed by atoms with Gasteiger partial charge in [-0.2, -0.15) is 5.10 Å². The minimum absolute atomic E-state index is 0.00123. The van der Waals surface area contributed by atoms with Crippen molar-refractivity contribution in [1.29, 1.82) is 0 Å². The Morgan fingerprint density at radius 3 is 2.69 bits per heavy atom. The molecule has 0 unspecified atom stereocenters. The zero-order valence-electron chi connectivity index (χ0n) is 19.2. The molecule has 0 aromatic carbocycles. The Morgan fingerprint density at radius 1 is 1.19 bits per heavy atom. The fourth-order valence-electron chi connectivity index (χ4n) is 4.13. The fraction of sp³-hybridized carbons (Fsp3) is 0.435. The topological polar surface area (TPSA) is 88.8 Å². The molecule has 4 heterocycles. The van der Waals surface area contributed by atoms with Crippen LogP contribution in [0.4, 0.5) is 10.9 Å². The zero-order chi connectivity index (χ0) is 22.8. The maximum absolute atomic E-state index is 13.2. The Kier molecular flexibility index (Phi) is 6.36. The smallest absolute Gasteiger partial charge is 0.247 e. The van der Waals surface area contributed by atoms with Crippen LogP contribution in [0.1, 0.15) is 59.5 Å². The van der Waals surface area contributed by atoms with Gasteiger partial charge in [0.2, 0.25) is 5.91 Å². The Morgan fingerprint density at radius 2 is 2.00 bits per heavy atom. The number of carbonyl (C=O) groups is 1. The summed E-state index contributed by atoms with van der Waals surface area (Å²) in [7, 11) is 1.91. The lowest BCUT2D eigenvalue weighted by Crippen LogP contribution is -2.38. The van der Waals surface area contributed by atoms with Gasteiger partial charge < -0.3 is 10.2 Å². The first-order chi connectivity index (χ1) is 15.3. The molecule has 1 amide bonds. The van der Waals surface area contributed by atoms with Crippen molar-refractivity contribution in [3.05, 3.63) is 51.7 Å². The van der Waals surface area contributed by atoms with Crippen LogP contribution in [-0.2, 0) is 11.8 Å². The number of aromatic nitrogens is 5. The van der Waals surface area contributed by atoms with Gasteiger partial charge in [-0.3, -0.25) is 9.48 Å². The normalized spacial score (nSPS) is 16.7. The fourth-order valence-corrected chi connectivity index (χ4v) is 4.83. The molecule has 1 aliphatic rings. The van der Waals surface area contributed by atoms with Gasteiger partial charge in [0, 0.05) is 42.4 Å². The summed E-state index contributed by atoms with van der Waals surface area (Å²) in [6.45, 7) is 8.53. The lowest BCUT2D eigenvalue weighted by Gasteiger charge is -2.35. The maximum atomic E-state index is 13.2. The minimum Gasteiger partial charge on any atom is -0.331 e. The molecule has 0 spiro atoms. The summed E-state index contributed by atoms with van der Waals surface area (Å²) in [5.74, 6) is 1.38. The third-order valence-corrected chi connectivity index (χ3v) is 6.67. The van der Waals surface area contributed by atoms with E-state index >= 15 is 0 Å². The van der Waals surface area contributed by atoms with Gasteiger partial charge >= 0.3 is 0 Å². The first kappa shape index (κ1) is 22.1. The maximum Gasteiger partial charge on any atom is 0.247 e. The highest BCUT2D eigenvalue weighted by Crippen LogP contribution is 2.32. The van der Waals surface area contributed by atoms with Crippen LogP contribution < -0.4 is 5.32 Å². The van der Waals surface area contributed by atoms with E-state index in [1.54, 1.807) is 17.4 Å². The number of hydrogen-bond donors (Lipinski definition) is 1. The number of hydrogen-bond acceptors (Lipinski definition) is 7. The van der Waals surface area contributed by atoms with E-state index in [0.717, 1.165) is 59.3 Å². The Labute approximate surface area is 192 Å². The number of aryl methyl sites for hydroxylation is 4. The summed E-state index contributed by atoms with van der Waals surface area (Å²) in [4.78, 5) is 28.8. The predicted molar refractivity (Wildman–Crippen MR) is 127 cm³/mol. The van der Waals surface area contributed by atoms with E-state index < -0.39 is 0 Å². The van der Waals surface area contributed by atoms with Crippen molar-refractivity contribution < 1.29 is 4.79 Å². The van der Waals surface area contributed by atoms with E-state index in [2.05, 4.69) is 25.4 Å². The molecule has 3 aromatic heterocycles. The molecule has 8 nitrogen and oxygen atoms in total. The van der Waals surface area contributed by atoms with Crippen LogP contribution in [0.15, 0.2) is 17.5 Å². The third kappa shape index (κ3) is 4.72. The van der Waals surface area contributed by atoms with Crippen LogP contribution in [0.25, 0.3) is 6.08 Å². The quantitative estimate of drug-likeness (QED) is 0.578. The first-order valence-corrected chi connectivity index (χ1v) is 11.7. The van der Waals surface area contributed by atoms with Crippen molar-refractivity contribution in [1.82, 2.24) is 29.6 Å². The summed E-state index contributed by atoms with van der Waals surface area (Å²) >= 11 is 1.54. The minimum atomic E-state index is -0.0720. The SMILES string of the molecule is Cc1csc(Nc2cc([C@@H]3CCCCN3C(=O)/C=C/c3c(C)nn(C)c3C)nc(C)n2)n1. The lowest BCUT2D eigenvalue weighted by molar-refractivity contribution is -0.129. The molecule has 9 heteroatoms. The van der Waals surface area contributed by atoms with Gasteiger partial charge in [0.1, 0.15) is 11.6 Å². The van der Waals surface area contributed by atoms with E-state index in [-0.39, 0.29) is 11.9 Å². The summed E-state index contributed by atoms with van der Waals surface area (Å²) in [5, 5.41) is 10.5. The van der Waals surface area contributed by atoms with Gasteiger partial charge in [-0.25, -0.2) is 15.0 Å². The van der Waals surface area contributed by atoms with Crippen LogP contribution in [0, 0.1) is 27.7 Å². The van der Waals surface area contributed by atoms with Gasteiger partial charge in [-0.15, -0.1) is 11.3 Å². The molecule has 0 aliphatic carbocycles. The molecule has 1 atom stereocenters. The second kappa shape index (κ2) is 9.20. The number of carbonyl (C=O) groups excluding carboxylic acids is 1. The summed E-state index contributed by atoms with van der Waals surface area (Å²) in [6.07, 6.45) is 6.50. The molecule has 1 saturated heterocycles. The van der Waals surface area contributed by atoms with Crippen LogP contribution in [0.5, 0.6) is 0 Å². The number of nitrogens with zero attached hydrogens (tertiary/aromatic N) is 6. The Balaban J connectivity index is 1.57. The predicted octanol–water partition coefficient (Wildman–Crippen LogP) is 4.41. The molecule has 1 fully saturated rings. The highest BCUT2D eigenvalue weighted by Gasteiger charge is 2.28. The van der Waals surface area contributed by atoms with Gasteiger partial charge in [0.25, 0.3) is 0 Å². The van der Waals surface area contributed by atoms with Gasteiger partial charge in [-0.1, -0.05) is 0 Å². The van der Waals surface area contributed by atoms with Crippen LogP contribution in [-0.4, -0.2) is 42.1 Å². The Bertz CT molecular complexity index is 1160. The molecule has 1 N–H and O–H groups in total. The highest BCUT2D eigenvalue weighted by molar-refractivity contribution is 7.13. The van der Waals surface area contributed by atoms with Crippen LogP contribution in [0.3, 0.4) is 0 Å². The van der Waals surface area contributed by atoms with Crippen molar-refractivity contribution in [2.45, 2.75) is 53.0 Å². The number of piperidine rings is 1. The standard InChI is InChI=1S/C23H29N7OS/c1-14-13-32-23(24-14)27-21-12-19(25-17(4)26-21)20-8-6-7-11-30(20)22(31)10-9-18-15(2)28-29(5)16(18)3/h9-10,12-13,20H,6-8,11H2,1-5H3,(H,24,25,26,27)/b10-9+/t20-/m0/s1. The molecule has 168 valence electrons. The molecule has 32 heavy (non-hydrogen) atoms. The molecular formula is C23H29N7OS. The number of amides is 1. The van der Waals surface area contributed by atoms with Crippen molar-refractivity contribution >= 4 is 34.3 Å². The van der Waals surface area contributed by atoms with Crippen molar-refractivity contribution in [3.63, 3.8) is 0 Å². The zero-order valence-corrected chi connectivity index (χ0v) is 20.0. The molecule has 3 aromatic rings. The summed E-state index contributed by atoms with van der Waals surface area (Å²) in [5.41, 5.74) is 4.80. The van der Waals surface area contributed by atoms with Crippen molar-refractivity contribution in [2.75, 3.05) is 11.9 Å². The van der Waals surface area contributed by atoms with Gasteiger partial charge in [0.05, 0.1) is 23.1 Å². The Hall–Kier alpha value is -3.07.